The summed E-state index contributed by atoms with van der Waals surface area (Å²) in [5.74, 6) is -0.289. The molecule has 1 nitrogen and oxygen atoms in total. The lowest BCUT2D eigenvalue weighted by Crippen LogP contribution is -1.82. The summed E-state index contributed by atoms with van der Waals surface area (Å²) in [6.07, 6.45) is 0. The fourth-order valence-corrected chi connectivity index (χ4v) is 1.62. The second-order valence-electron chi connectivity index (χ2n) is 3.14. The first kappa shape index (κ1) is 9.99. The topological polar surface area (TPSA) is 20.2 Å². The maximum absolute atomic E-state index is 13.0. The van der Waals surface area contributed by atoms with Crippen molar-refractivity contribution in [2.45, 2.75) is 0 Å². The van der Waals surface area contributed by atoms with E-state index in [9.17, 15) is 9.50 Å². The molecule has 0 aromatic heterocycles. The van der Waals surface area contributed by atoms with E-state index in [0.29, 0.717) is 16.1 Å². The van der Waals surface area contributed by atoms with Gasteiger partial charge in [0, 0.05) is 16.1 Å². The van der Waals surface area contributed by atoms with Crippen LogP contribution in [0.1, 0.15) is 0 Å². The van der Waals surface area contributed by atoms with Crippen molar-refractivity contribution >= 4 is 11.6 Å². The highest BCUT2D eigenvalue weighted by molar-refractivity contribution is 6.33. The summed E-state index contributed by atoms with van der Waals surface area (Å²) >= 11 is 5.92. The maximum Gasteiger partial charge on any atom is 0.123 e. The molecule has 0 aliphatic heterocycles. The predicted octanol–water partition coefficient (Wildman–Crippen LogP) is 3.85. The molecule has 0 saturated heterocycles. The normalized spacial score (nSPS) is 10.3. The minimum absolute atomic E-state index is 0.0880. The summed E-state index contributed by atoms with van der Waals surface area (Å²) in [5.41, 5.74) is 1.02. The second-order valence-corrected chi connectivity index (χ2v) is 3.55. The van der Waals surface area contributed by atoms with Crippen LogP contribution in [-0.4, -0.2) is 5.11 Å². The molecule has 2 rings (SSSR count). The summed E-state index contributed by atoms with van der Waals surface area (Å²) in [6, 6.07) is 10.7. The minimum Gasteiger partial charge on any atom is -0.507 e. The Morgan fingerprint density at radius 1 is 1.00 bits per heavy atom. The van der Waals surface area contributed by atoms with Crippen LogP contribution in [0.2, 0.25) is 5.02 Å². The van der Waals surface area contributed by atoms with Gasteiger partial charge in [0.1, 0.15) is 11.6 Å². The van der Waals surface area contributed by atoms with Gasteiger partial charge in [-0.15, -0.1) is 0 Å². The molecule has 2 aromatic carbocycles. The summed E-state index contributed by atoms with van der Waals surface area (Å²) in [5, 5.41) is 10.0. The van der Waals surface area contributed by atoms with Crippen molar-refractivity contribution in [3.63, 3.8) is 0 Å². The summed E-state index contributed by atoms with van der Waals surface area (Å²) in [7, 11) is 0. The highest BCUT2D eigenvalue weighted by Crippen LogP contribution is 2.34. The Labute approximate surface area is 91.8 Å². The Balaban J connectivity index is 2.64. The van der Waals surface area contributed by atoms with E-state index in [2.05, 4.69) is 0 Å². The van der Waals surface area contributed by atoms with Gasteiger partial charge in [0.05, 0.1) is 0 Å². The van der Waals surface area contributed by atoms with E-state index in [-0.39, 0.29) is 11.6 Å². The third-order valence-electron chi connectivity index (χ3n) is 2.12. The lowest BCUT2D eigenvalue weighted by atomic mass is 10.0. The fourth-order valence-electron chi connectivity index (χ4n) is 1.41. The molecule has 3 heteroatoms. The van der Waals surface area contributed by atoms with Crippen LogP contribution in [0.5, 0.6) is 5.75 Å². The van der Waals surface area contributed by atoms with Crippen LogP contribution in [0.15, 0.2) is 42.5 Å². The van der Waals surface area contributed by atoms with Gasteiger partial charge in [0.15, 0.2) is 0 Å². The average Bonchev–Trinajstić information content (AvgIpc) is 2.23. The molecule has 0 aliphatic carbocycles. The van der Waals surface area contributed by atoms with E-state index in [1.165, 1.54) is 24.3 Å². The summed E-state index contributed by atoms with van der Waals surface area (Å²) in [6.45, 7) is 0. The van der Waals surface area contributed by atoms with Crippen LogP contribution < -0.4 is 0 Å². The van der Waals surface area contributed by atoms with E-state index >= 15 is 0 Å². The van der Waals surface area contributed by atoms with Gasteiger partial charge in [-0.2, -0.15) is 0 Å². The van der Waals surface area contributed by atoms with Crippen LogP contribution in [-0.2, 0) is 0 Å². The Bertz CT molecular complexity index is 497. The lowest BCUT2D eigenvalue weighted by molar-refractivity contribution is 0.477. The zero-order valence-electron chi connectivity index (χ0n) is 7.74. The van der Waals surface area contributed by atoms with Gasteiger partial charge in [-0.1, -0.05) is 29.8 Å². The molecular weight excluding hydrogens is 215 g/mol. The highest BCUT2D eigenvalue weighted by atomic mass is 35.5. The van der Waals surface area contributed by atoms with Gasteiger partial charge in [-0.05, 0) is 24.3 Å². The van der Waals surface area contributed by atoms with Crippen molar-refractivity contribution in [1.29, 1.82) is 0 Å². The average molecular weight is 223 g/mol. The van der Waals surface area contributed by atoms with Gasteiger partial charge in [0.25, 0.3) is 0 Å². The lowest BCUT2D eigenvalue weighted by Gasteiger charge is -2.06. The number of hydrogen-bond donors (Lipinski definition) is 1. The van der Waals surface area contributed by atoms with Crippen molar-refractivity contribution < 1.29 is 9.50 Å². The smallest absolute Gasteiger partial charge is 0.123 e. The van der Waals surface area contributed by atoms with Crippen molar-refractivity contribution in [1.82, 2.24) is 0 Å². The fraction of sp³-hybridized carbons (Fsp3) is 0. The Hall–Kier alpha value is -1.54. The molecule has 0 radical (unpaired) electrons. The van der Waals surface area contributed by atoms with Crippen molar-refractivity contribution in [2.24, 2.45) is 0 Å². The number of hydrogen-bond acceptors (Lipinski definition) is 1. The number of rotatable bonds is 1. The number of benzene rings is 2. The maximum atomic E-state index is 13.0. The zero-order chi connectivity index (χ0) is 10.8. The number of para-hydroxylation sites is 1. The van der Waals surface area contributed by atoms with Crippen LogP contribution in [0.3, 0.4) is 0 Å². The van der Waals surface area contributed by atoms with Crippen molar-refractivity contribution in [3.05, 3.63) is 53.3 Å². The third-order valence-corrected chi connectivity index (χ3v) is 2.45. The zero-order valence-corrected chi connectivity index (χ0v) is 8.50. The van der Waals surface area contributed by atoms with Gasteiger partial charge in [0.2, 0.25) is 0 Å². The van der Waals surface area contributed by atoms with Crippen LogP contribution in [0, 0.1) is 5.82 Å². The summed E-state index contributed by atoms with van der Waals surface area (Å²) < 4.78 is 13.0. The predicted molar refractivity (Wildman–Crippen MR) is 58.5 cm³/mol. The molecule has 0 atom stereocenters. The molecule has 0 saturated carbocycles. The quantitative estimate of drug-likeness (QED) is 0.777. The largest absolute Gasteiger partial charge is 0.507 e. The highest BCUT2D eigenvalue weighted by Gasteiger charge is 2.08. The van der Waals surface area contributed by atoms with Gasteiger partial charge in [-0.25, -0.2) is 4.39 Å². The minimum atomic E-state index is -0.377. The van der Waals surface area contributed by atoms with E-state index in [4.69, 9.17) is 11.6 Å². The monoisotopic (exact) mass is 222 g/mol. The van der Waals surface area contributed by atoms with Crippen LogP contribution in [0.25, 0.3) is 11.1 Å². The van der Waals surface area contributed by atoms with Crippen LogP contribution >= 0.6 is 11.6 Å². The number of phenolic OH excluding ortho intramolecular Hbond substituents is 1. The Kier molecular flexibility index (Phi) is 2.60. The Morgan fingerprint density at radius 3 is 2.47 bits per heavy atom. The van der Waals surface area contributed by atoms with Crippen LogP contribution in [0.4, 0.5) is 4.39 Å². The van der Waals surface area contributed by atoms with E-state index in [1.54, 1.807) is 18.2 Å². The molecule has 2 aromatic rings. The molecule has 0 spiro atoms. The molecule has 1 N–H and O–H groups in total. The van der Waals surface area contributed by atoms with E-state index < -0.39 is 0 Å². The molecule has 0 aliphatic rings. The molecule has 0 fully saturated rings. The van der Waals surface area contributed by atoms with Gasteiger partial charge in [-0.3, -0.25) is 0 Å². The summed E-state index contributed by atoms with van der Waals surface area (Å²) in [4.78, 5) is 0. The van der Waals surface area contributed by atoms with Gasteiger partial charge < -0.3 is 5.11 Å². The first-order valence-electron chi connectivity index (χ1n) is 4.42. The molecule has 76 valence electrons. The van der Waals surface area contributed by atoms with E-state index in [0.717, 1.165) is 0 Å². The van der Waals surface area contributed by atoms with Crippen molar-refractivity contribution in [3.8, 4) is 16.9 Å². The number of phenols is 1. The first-order valence-corrected chi connectivity index (χ1v) is 4.79. The third kappa shape index (κ3) is 1.95. The molecule has 0 unspecified atom stereocenters. The SMILES string of the molecule is Oc1ccccc1-c1cc(F)ccc1Cl. The van der Waals surface area contributed by atoms with Crippen molar-refractivity contribution in [2.75, 3.05) is 0 Å². The molecular formula is C12H8ClFO. The standard InChI is InChI=1S/C12H8ClFO/c13-11-6-5-8(14)7-10(11)9-3-1-2-4-12(9)15/h1-7,15H. The number of halogens is 2. The molecule has 0 bridgehead atoms. The first-order chi connectivity index (χ1) is 7.18. The van der Waals surface area contributed by atoms with E-state index in [1.807, 2.05) is 0 Å². The second kappa shape index (κ2) is 3.91. The Morgan fingerprint density at radius 2 is 1.73 bits per heavy atom. The molecule has 15 heavy (non-hydrogen) atoms. The number of aromatic hydroxyl groups is 1. The molecule has 0 heterocycles. The molecule has 0 amide bonds. The van der Waals surface area contributed by atoms with Gasteiger partial charge >= 0.3 is 0 Å².